The zero-order valence-electron chi connectivity index (χ0n) is 16.0. The van der Waals surface area contributed by atoms with Crippen LogP contribution in [0.4, 0.5) is 0 Å². The zero-order valence-corrected chi connectivity index (χ0v) is 21.0. The number of hydrogen-bond donors (Lipinski definition) is 0. The molecule has 1 aromatic carbocycles. The lowest BCUT2D eigenvalue weighted by atomic mass is 9.78. The van der Waals surface area contributed by atoms with Crippen molar-refractivity contribution >= 4 is 58.4 Å². The summed E-state index contributed by atoms with van der Waals surface area (Å²) >= 11 is 27.2. The van der Waals surface area contributed by atoms with Crippen LogP contribution in [-0.2, 0) is 0 Å². The van der Waals surface area contributed by atoms with E-state index in [2.05, 4.69) is 58.9 Å². The minimum Gasteiger partial charge on any atom is -0.146 e. The minimum atomic E-state index is -2.54. The van der Waals surface area contributed by atoms with Crippen molar-refractivity contribution < 1.29 is 0 Å². The standard InChI is InChI=1S/C19H31Cl4Si2/c1-6-7-8-12-15-25(22,23)19(4,5)17(18(2,3)24(20)21)16-13-10-9-11-14-16/h9-11,13-14,17H,6-8,12,15H2,1-5H3. The molecule has 0 spiro atoms. The Bertz CT molecular complexity index is 515. The fourth-order valence-corrected chi connectivity index (χ4v) is 9.09. The van der Waals surface area contributed by atoms with E-state index in [4.69, 9.17) is 44.3 Å². The quantitative estimate of drug-likeness (QED) is 0.187. The highest BCUT2D eigenvalue weighted by atomic mass is 35.7. The second kappa shape index (κ2) is 9.84. The van der Waals surface area contributed by atoms with Gasteiger partial charge in [-0.3, -0.25) is 0 Å². The van der Waals surface area contributed by atoms with E-state index in [1.165, 1.54) is 24.8 Å². The van der Waals surface area contributed by atoms with Crippen LogP contribution >= 0.6 is 44.3 Å². The summed E-state index contributed by atoms with van der Waals surface area (Å²) in [6, 6.07) is 11.4. The first-order chi connectivity index (χ1) is 11.5. The van der Waals surface area contributed by atoms with Gasteiger partial charge in [-0.25, -0.2) is 0 Å². The fourth-order valence-electron chi connectivity index (χ4n) is 3.80. The summed E-state index contributed by atoms with van der Waals surface area (Å²) < 4.78 is 0. The topological polar surface area (TPSA) is 0 Å². The molecule has 0 saturated heterocycles. The summed E-state index contributed by atoms with van der Waals surface area (Å²) in [6.45, 7) is 8.44. The van der Waals surface area contributed by atoms with Crippen LogP contribution in [-0.4, -0.2) is 14.1 Å². The van der Waals surface area contributed by atoms with E-state index in [-0.39, 0.29) is 16.0 Å². The maximum Gasteiger partial charge on any atom is 0.280 e. The SMILES string of the molecule is CCCCCC[Si](Cl)(Cl)C(C)(C)C(c1ccccc1)C(C)(C)[Si](Cl)Cl. The molecule has 0 N–H and O–H groups in total. The van der Waals surface area contributed by atoms with Crippen molar-refractivity contribution in [2.24, 2.45) is 0 Å². The third-order valence-corrected chi connectivity index (χ3v) is 16.7. The van der Waals surface area contributed by atoms with Crippen molar-refractivity contribution in [1.82, 2.24) is 0 Å². The summed E-state index contributed by atoms with van der Waals surface area (Å²) in [7, 11) is -1.58. The van der Waals surface area contributed by atoms with E-state index in [1.807, 2.05) is 6.07 Å². The Morgan fingerprint density at radius 1 is 0.960 bits per heavy atom. The van der Waals surface area contributed by atoms with Crippen LogP contribution < -0.4 is 0 Å². The third-order valence-electron chi connectivity index (χ3n) is 5.35. The molecular formula is C19H31Cl4Si2. The van der Waals surface area contributed by atoms with Crippen LogP contribution in [0.5, 0.6) is 0 Å². The second-order valence-electron chi connectivity index (χ2n) is 8.06. The number of unbranched alkanes of at least 4 members (excludes halogenated alkanes) is 3. The van der Waals surface area contributed by atoms with Crippen molar-refractivity contribution in [2.45, 2.75) is 82.3 Å². The van der Waals surface area contributed by atoms with Gasteiger partial charge >= 0.3 is 0 Å². The molecule has 25 heavy (non-hydrogen) atoms. The molecule has 1 rings (SSSR count). The number of halogens is 4. The summed E-state index contributed by atoms with van der Waals surface area (Å²) in [4.78, 5) is 0. The first-order valence-corrected chi connectivity index (χ1v) is 16.8. The highest BCUT2D eigenvalue weighted by molar-refractivity contribution is 7.46. The predicted molar refractivity (Wildman–Crippen MR) is 121 cm³/mol. The minimum absolute atomic E-state index is 0.123. The molecule has 0 aliphatic rings. The monoisotopic (exact) mass is 455 g/mol. The molecule has 0 nitrogen and oxygen atoms in total. The van der Waals surface area contributed by atoms with Crippen LogP contribution in [0.2, 0.25) is 16.1 Å². The molecule has 0 saturated carbocycles. The highest BCUT2D eigenvalue weighted by Gasteiger charge is 2.56. The Kier molecular flexibility index (Phi) is 9.39. The van der Waals surface area contributed by atoms with Crippen LogP contribution in [0.25, 0.3) is 0 Å². The maximum absolute atomic E-state index is 7.09. The molecule has 143 valence electrons. The molecule has 1 atom stereocenters. The Labute approximate surface area is 176 Å². The molecule has 0 fully saturated rings. The van der Waals surface area contributed by atoms with Crippen molar-refractivity contribution in [2.75, 3.05) is 0 Å². The van der Waals surface area contributed by atoms with E-state index in [1.54, 1.807) is 0 Å². The molecule has 1 aromatic rings. The predicted octanol–water partition coefficient (Wildman–Crippen LogP) is 8.80. The lowest BCUT2D eigenvalue weighted by Gasteiger charge is -2.49. The van der Waals surface area contributed by atoms with E-state index in [9.17, 15) is 0 Å². The van der Waals surface area contributed by atoms with Gasteiger partial charge in [0.2, 0.25) is 0 Å². The van der Waals surface area contributed by atoms with Gasteiger partial charge < -0.3 is 0 Å². The van der Waals surface area contributed by atoms with Gasteiger partial charge in [-0.15, -0.1) is 44.3 Å². The summed E-state index contributed by atoms with van der Waals surface area (Å²) in [5.74, 6) is 0.123. The molecule has 1 radical (unpaired) electrons. The van der Waals surface area contributed by atoms with Gasteiger partial charge in [0, 0.05) is 0 Å². The van der Waals surface area contributed by atoms with Crippen molar-refractivity contribution in [3.8, 4) is 0 Å². The lowest BCUT2D eigenvalue weighted by molar-refractivity contribution is 0.408. The molecule has 6 heteroatoms. The smallest absolute Gasteiger partial charge is 0.146 e. The van der Waals surface area contributed by atoms with Crippen molar-refractivity contribution in [3.05, 3.63) is 35.9 Å². The molecule has 0 amide bonds. The number of hydrogen-bond acceptors (Lipinski definition) is 0. The summed E-state index contributed by atoms with van der Waals surface area (Å²) in [5.41, 5.74) is 1.23. The van der Waals surface area contributed by atoms with E-state index in [0.29, 0.717) is 0 Å². The largest absolute Gasteiger partial charge is 0.280 e. The first kappa shape index (κ1) is 23.9. The second-order valence-corrected chi connectivity index (χ2v) is 20.4. The Morgan fingerprint density at radius 3 is 2.00 bits per heavy atom. The van der Waals surface area contributed by atoms with E-state index < -0.39 is 14.1 Å². The molecule has 0 heterocycles. The first-order valence-electron chi connectivity index (χ1n) is 9.09. The Hall–Kier alpha value is 0.814. The number of benzene rings is 1. The molecule has 0 aliphatic heterocycles. The normalized spacial score (nSPS) is 14.8. The third kappa shape index (κ3) is 5.89. The highest BCUT2D eigenvalue weighted by Crippen LogP contribution is 2.64. The van der Waals surface area contributed by atoms with Gasteiger partial charge in [-0.05, 0) is 27.6 Å². The van der Waals surface area contributed by atoms with Crippen LogP contribution in [0.3, 0.4) is 0 Å². The molecule has 0 bridgehead atoms. The van der Waals surface area contributed by atoms with Gasteiger partial charge in [-0.2, -0.15) is 0 Å². The summed E-state index contributed by atoms with van der Waals surface area (Å²) in [5, 5.41) is -0.489. The van der Waals surface area contributed by atoms with Crippen LogP contribution in [0.1, 0.15) is 71.8 Å². The average Bonchev–Trinajstić information content (AvgIpc) is 2.52. The average molecular weight is 457 g/mol. The van der Waals surface area contributed by atoms with Gasteiger partial charge in [0.1, 0.15) is 0 Å². The van der Waals surface area contributed by atoms with Crippen molar-refractivity contribution in [3.63, 3.8) is 0 Å². The molecule has 0 aliphatic carbocycles. The van der Waals surface area contributed by atoms with Crippen molar-refractivity contribution in [1.29, 1.82) is 0 Å². The number of rotatable bonds is 10. The van der Waals surface area contributed by atoms with E-state index >= 15 is 0 Å². The Balaban J connectivity index is 3.23. The van der Waals surface area contributed by atoms with Gasteiger partial charge in [0.05, 0.1) is 0 Å². The zero-order chi connectivity index (χ0) is 19.3. The van der Waals surface area contributed by atoms with E-state index in [0.717, 1.165) is 12.5 Å². The van der Waals surface area contributed by atoms with Gasteiger partial charge in [-0.1, -0.05) is 90.6 Å². The molecule has 1 unspecified atom stereocenters. The van der Waals surface area contributed by atoms with Crippen LogP contribution in [0.15, 0.2) is 30.3 Å². The van der Waals surface area contributed by atoms with Crippen LogP contribution in [0, 0.1) is 0 Å². The van der Waals surface area contributed by atoms with Gasteiger partial charge in [0.25, 0.3) is 14.1 Å². The summed E-state index contributed by atoms with van der Waals surface area (Å²) in [6.07, 6.45) is 4.74. The maximum atomic E-state index is 7.09. The molecular weight excluding hydrogens is 426 g/mol. The Morgan fingerprint density at radius 2 is 1.52 bits per heavy atom. The lowest BCUT2D eigenvalue weighted by Crippen LogP contribution is -2.44. The molecule has 0 aromatic heterocycles. The van der Waals surface area contributed by atoms with Gasteiger partial charge in [0.15, 0.2) is 0 Å². The fraction of sp³-hybridized carbons (Fsp3) is 0.684.